The van der Waals surface area contributed by atoms with E-state index < -0.39 is 0 Å². The Labute approximate surface area is 134 Å². The Kier molecular flexibility index (Phi) is 4.53. The molecule has 1 fully saturated rings. The van der Waals surface area contributed by atoms with Crippen LogP contribution in [-0.4, -0.2) is 28.5 Å². The lowest BCUT2D eigenvalue weighted by Crippen LogP contribution is -2.27. The summed E-state index contributed by atoms with van der Waals surface area (Å²) in [4.78, 5) is 20.5. The maximum Gasteiger partial charge on any atom is 0.270 e. The number of carbonyl (C=O) groups excluding carboxylic acids is 1. The highest BCUT2D eigenvalue weighted by atomic mass is 35.5. The zero-order chi connectivity index (χ0) is 15.4. The number of anilines is 1. The number of benzene rings is 1. The zero-order valence-electron chi connectivity index (χ0n) is 12.1. The number of nitrogens with zero attached hydrogens (tertiary/aromatic N) is 2. The van der Waals surface area contributed by atoms with Gasteiger partial charge in [-0.25, -0.2) is 9.97 Å². The van der Waals surface area contributed by atoms with E-state index in [1.54, 1.807) is 12.3 Å². The molecule has 114 valence electrons. The molecule has 22 heavy (non-hydrogen) atoms. The lowest BCUT2D eigenvalue weighted by molar-refractivity contribution is 0.0949. The Hall–Kier alpha value is -2.14. The van der Waals surface area contributed by atoms with Crippen LogP contribution in [0, 0.1) is 0 Å². The van der Waals surface area contributed by atoms with Crippen LogP contribution in [0.1, 0.15) is 28.9 Å². The molecular weight excluding hydrogens is 300 g/mol. The van der Waals surface area contributed by atoms with E-state index in [1.807, 2.05) is 24.3 Å². The first kappa shape index (κ1) is 14.8. The van der Waals surface area contributed by atoms with Crippen LogP contribution < -0.4 is 10.6 Å². The Balaban J connectivity index is 1.51. The summed E-state index contributed by atoms with van der Waals surface area (Å²) in [5, 5.41) is 6.76. The SMILES string of the molecule is O=C(NCCc1ccc(Cl)cc1)c1ccnc(NC2CC2)n1. The van der Waals surface area contributed by atoms with Crippen LogP contribution in [0.4, 0.5) is 5.95 Å². The van der Waals surface area contributed by atoms with Gasteiger partial charge in [-0.05, 0) is 43.0 Å². The summed E-state index contributed by atoms with van der Waals surface area (Å²) in [6, 6.07) is 9.68. The maximum atomic E-state index is 12.1. The summed E-state index contributed by atoms with van der Waals surface area (Å²) in [6.07, 6.45) is 4.63. The molecule has 0 saturated heterocycles. The first-order chi connectivity index (χ1) is 10.7. The average Bonchev–Trinajstić information content (AvgIpc) is 3.33. The number of nitrogens with one attached hydrogen (secondary N) is 2. The Morgan fingerprint density at radius 2 is 2.00 bits per heavy atom. The van der Waals surface area contributed by atoms with Crippen molar-refractivity contribution >= 4 is 23.5 Å². The molecule has 0 bridgehead atoms. The van der Waals surface area contributed by atoms with E-state index in [9.17, 15) is 4.79 Å². The monoisotopic (exact) mass is 316 g/mol. The van der Waals surface area contributed by atoms with E-state index in [0.717, 1.165) is 24.8 Å². The molecule has 2 aromatic rings. The Bertz CT molecular complexity index is 655. The standard InChI is InChI=1S/C16H17ClN4O/c17-12-3-1-11(2-4-12)7-9-18-15(22)14-8-10-19-16(21-14)20-13-5-6-13/h1-4,8,10,13H,5-7,9H2,(H,18,22)(H,19,20,21). The van der Waals surface area contributed by atoms with Gasteiger partial charge in [-0.3, -0.25) is 4.79 Å². The molecule has 0 unspecified atom stereocenters. The van der Waals surface area contributed by atoms with Crippen molar-refractivity contribution < 1.29 is 4.79 Å². The highest BCUT2D eigenvalue weighted by Crippen LogP contribution is 2.22. The number of amides is 1. The fourth-order valence-electron chi connectivity index (χ4n) is 2.03. The first-order valence-corrected chi connectivity index (χ1v) is 7.71. The molecule has 6 heteroatoms. The highest BCUT2D eigenvalue weighted by molar-refractivity contribution is 6.30. The number of halogens is 1. The van der Waals surface area contributed by atoms with Crippen LogP contribution in [0.25, 0.3) is 0 Å². The van der Waals surface area contributed by atoms with Gasteiger partial charge in [-0.15, -0.1) is 0 Å². The van der Waals surface area contributed by atoms with Crippen LogP contribution in [0.15, 0.2) is 36.5 Å². The second kappa shape index (κ2) is 6.75. The fourth-order valence-corrected chi connectivity index (χ4v) is 2.15. The number of aromatic nitrogens is 2. The first-order valence-electron chi connectivity index (χ1n) is 7.33. The minimum atomic E-state index is -0.185. The summed E-state index contributed by atoms with van der Waals surface area (Å²) < 4.78 is 0. The van der Waals surface area contributed by atoms with E-state index in [2.05, 4.69) is 20.6 Å². The summed E-state index contributed by atoms with van der Waals surface area (Å²) in [5.74, 6) is 0.336. The van der Waals surface area contributed by atoms with Gasteiger partial charge in [0, 0.05) is 23.8 Å². The van der Waals surface area contributed by atoms with Gasteiger partial charge in [0.15, 0.2) is 0 Å². The molecule has 1 aromatic carbocycles. The maximum absolute atomic E-state index is 12.1. The topological polar surface area (TPSA) is 66.9 Å². The molecule has 1 amide bonds. The second-order valence-corrected chi connectivity index (χ2v) is 5.75. The van der Waals surface area contributed by atoms with Crippen molar-refractivity contribution in [3.63, 3.8) is 0 Å². The third kappa shape index (κ3) is 4.18. The van der Waals surface area contributed by atoms with Gasteiger partial charge in [0.2, 0.25) is 5.95 Å². The quantitative estimate of drug-likeness (QED) is 0.860. The molecule has 0 spiro atoms. The summed E-state index contributed by atoms with van der Waals surface area (Å²) >= 11 is 5.84. The molecule has 2 N–H and O–H groups in total. The summed E-state index contributed by atoms with van der Waals surface area (Å²) in [5.41, 5.74) is 1.51. The predicted molar refractivity (Wildman–Crippen MR) is 86.2 cm³/mol. The van der Waals surface area contributed by atoms with Crippen molar-refractivity contribution in [2.45, 2.75) is 25.3 Å². The van der Waals surface area contributed by atoms with Crippen LogP contribution in [0.3, 0.4) is 0 Å². The second-order valence-electron chi connectivity index (χ2n) is 5.32. The van der Waals surface area contributed by atoms with Crippen molar-refractivity contribution in [1.82, 2.24) is 15.3 Å². The molecule has 5 nitrogen and oxygen atoms in total. The van der Waals surface area contributed by atoms with Crippen molar-refractivity contribution in [3.8, 4) is 0 Å². The summed E-state index contributed by atoms with van der Waals surface area (Å²) in [6.45, 7) is 0.551. The third-order valence-corrected chi connectivity index (χ3v) is 3.66. The van der Waals surface area contributed by atoms with Crippen LogP contribution in [0.5, 0.6) is 0 Å². The van der Waals surface area contributed by atoms with E-state index >= 15 is 0 Å². The fraction of sp³-hybridized carbons (Fsp3) is 0.312. The van der Waals surface area contributed by atoms with Gasteiger partial charge in [-0.2, -0.15) is 0 Å². The smallest absolute Gasteiger partial charge is 0.270 e. The molecule has 3 rings (SSSR count). The van der Waals surface area contributed by atoms with Gasteiger partial charge in [0.1, 0.15) is 5.69 Å². The summed E-state index contributed by atoms with van der Waals surface area (Å²) in [7, 11) is 0. The Morgan fingerprint density at radius 3 is 2.73 bits per heavy atom. The highest BCUT2D eigenvalue weighted by Gasteiger charge is 2.22. The van der Waals surface area contributed by atoms with Gasteiger partial charge in [0.25, 0.3) is 5.91 Å². The molecule has 0 radical (unpaired) electrons. The molecule has 1 saturated carbocycles. The lowest BCUT2D eigenvalue weighted by atomic mass is 10.1. The molecule has 0 aliphatic heterocycles. The minimum Gasteiger partial charge on any atom is -0.351 e. The van der Waals surface area contributed by atoms with Gasteiger partial charge in [-0.1, -0.05) is 23.7 Å². The molecule has 1 aliphatic rings. The van der Waals surface area contributed by atoms with Crippen LogP contribution >= 0.6 is 11.6 Å². The number of hydrogen-bond donors (Lipinski definition) is 2. The zero-order valence-corrected chi connectivity index (χ0v) is 12.8. The molecule has 0 atom stereocenters. The number of rotatable bonds is 6. The van der Waals surface area contributed by atoms with Crippen molar-refractivity contribution in [2.24, 2.45) is 0 Å². The van der Waals surface area contributed by atoms with Crippen LogP contribution in [-0.2, 0) is 6.42 Å². The number of hydrogen-bond acceptors (Lipinski definition) is 4. The normalized spacial score (nSPS) is 13.7. The van der Waals surface area contributed by atoms with E-state index in [-0.39, 0.29) is 5.91 Å². The average molecular weight is 317 g/mol. The predicted octanol–water partition coefficient (Wildman–Crippen LogP) is 2.68. The molecule has 1 aliphatic carbocycles. The molecular formula is C16H17ClN4O. The molecule has 1 heterocycles. The lowest BCUT2D eigenvalue weighted by Gasteiger charge is -2.07. The van der Waals surface area contributed by atoms with E-state index in [0.29, 0.717) is 29.3 Å². The van der Waals surface area contributed by atoms with Gasteiger partial charge < -0.3 is 10.6 Å². The van der Waals surface area contributed by atoms with Gasteiger partial charge in [0.05, 0.1) is 0 Å². The number of carbonyl (C=O) groups is 1. The van der Waals surface area contributed by atoms with Crippen molar-refractivity contribution in [3.05, 3.63) is 52.8 Å². The minimum absolute atomic E-state index is 0.185. The van der Waals surface area contributed by atoms with Crippen molar-refractivity contribution in [2.75, 3.05) is 11.9 Å². The van der Waals surface area contributed by atoms with E-state index in [4.69, 9.17) is 11.6 Å². The van der Waals surface area contributed by atoms with Crippen molar-refractivity contribution in [1.29, 1.82) is 0 Å². The van der Waals surface area contributed by atoms with Gasteiger partial charge >= 0.3 is 0 Å². The largest absolute Gasteiger partial charge is 0.351 e. The third-order valence-electron chi connectivity index (χ3n) is 3.41. The van der Waals surface area contributed by atoms with E-state index in [1.165, 1.54) is 0 Å². The van der Waals surface area contributed by atoms with Crippen LogP contribution in [0.2, 0.25) is 5.02 Å². The Morgan fingerprint density at radius 1 is 1.23 bits per heavy atom. The molecule has 1 aromatic heterocycles.